The smallest absolute Gasteiger partial charge is 0.282 e. The summed E-state index contributed by atoms with van der Waals surface area (Å²) >= 11 is 0. The molecular weight excluding hydrogens is 273 g/mol. The first-order valence-corrected chi connectivity index (χ1v) is 5.33. The van der Waals surface area contributed by atoms with Gasteiger partial charge < -0.3 is 0 Å². The summed E-state index contributed by atoms with van der Waals surface area (Å²) in [6.45, 7) is 0. The fraction of sp³-hybridized carbons (Fsp3) is 0. The minimum atomic E-state index is -4.16. The van der Waals surface area contributed by atoms with E-state index in [0.717, 1.165) is 0 Å². The fourth-order valence-electron chi connectivity index (χ4n) is 1.32. The summed E-state index contributed by atoms with van der Waals surface area (Å²) < 4.78 is 30.9. The second-order valence-corrected chi connectivity index (χ2v) is 4.22. The second kappa shape index (κ2) is 5.45. The van der Waals surface area contributed by atoms with Crippen LogP contribution >= 0.6 is 24.8 Å². The molecule has 88 valence electrons. The number of hydrogen-bond acceptors (Lipinski definition) is 3. The van der Waals surface area contributed by atoms with Gasteiger partial charge in [-0.2, -0.15) is 8.42 Å². The molecular formula is C9H9Cl2NO3S. The summed E-state index contributed by atoms with van der Waals surface area (Å²) in [6, 6.07) is 6.21. The lowest BCUT2D eigenvalue weighted by Crippen LogP contribution is -1.98. The molecule has 0 aliphatic rings. The Morgan fingerprint density at radius 3 is 2.44 bits per heavy atom. The molecule has 16 heavy (non-hydrogen) atoms. The van der Waals surface area contributed by atoms with Gasteiger partial charge in [0.05, 0.1) is 0 Å². The van der Waals surface area contributed by atoms with Crippen molar-refractivity contribution in [1.29, 1.82) is 0 Å². The van der Waals surface area contributed by atoms with Gasteiger partial charge in [-0.1, -0.05) is 12.1 Å². The Labute approximate surface area is 105 Å². The Hall–Kier alpha value is -0.880. The van der Waals surface area contributed by atoms with Crippen LogP contribution in [0.1, 0.15) is 0 Å². The molecule has 4 nitrogen and oxygen atoms in total. The molecule has 0 bridgehead atoms. The average molecular weight is 282 g/mol. The highest BCUT2D eigenvalue weighted by Crippen LogP contribution is 2.21. The molecule has 0 radical (unpaired) electrons. The molecule has 0 aliphatic heterocycles. The monoisotopic (exact) mass is 281 g/mol. The van der Waals surface area contributed by atoms with Gasteiger partial charge in [-0.15, -0.1) is 24.8 Å². The van der Waals surface area contributed by atoms with Crippen LogP contribution in [-0.4, -0.2) is 18.0 Å². The van der Waals surface area contributed by atoms with Crippen molar-refractivity contribution in [3.63, 3.8) is 0 Å². The molecule has 1 aromatic carbocycles. The maximum atomic E-state index is 11.0. The molecule has 0 saturated carbocycles. The van der Waals surface area contributed by atoms with Crippen molar-refractivity contribution in [2.24, 2.45) is 0 Å². The van der Waals surface area contributed by atoms with Crippen LogP contribution in [0.15, 0.2) is 41.6 Å². The fourth-order valence-corrected chi connectivity index (χ4v) is 2.03. The zero-order chi connectivity index (χ0) is 10.2. The molecule has 0 aliphatic carbocycles. The van der Waals surface area contributed by atoms with Crippen LogP contribution in [0.4, 0.5) is 0 Å². The van der Waals surface area contributed by atoms with Crippen molar-refractivity contribution in [2.75, 3.05) is 0 Å². The van der Waals surface area contributed by atoms with Gasteiger partial charge >= 0.3 is 0 Å². The molecule has 0 spiro atoms. The highest BCUT2D eigenvalue weighted by atomic mass is 35.5. The van der Waals surface area contributed by atoms with Crippen LogP contribution in [0.3, 0.4) is 0 Å². The number of halogens is 2. The highest BCUT2D eigenvalue weighted by Gasteiger charge is 2.12. The topological polar surface area (TPSA) is 67.3 Å². The predicted molar refractivity (Wildman–Crippen MR) is 66.1 cm³/mol. The van der Waals surface area contributed by atoms with Crippen LogP contribution in [0.2, 0.25) is 0 Å². The Morgan fingerprint density at radius 1 is 1.12 bits per heavy atom. The number of nitrogens with zero attached hydrogens (tertiary/aromatic N) is 1. The molecule has 0 fully saturated rings. The first kappa shape index (κ1) is 15.1. The molecule has 0 saturated heterocycles. The standard InChI is InChI=1S/C9H7NO3S.2ClH/c11-14(12,13)9-3-1-2-7-6-10-5-4-8(7)9;;/h1-6H,(H,11,12,13);2*1H. The maximum absolute atomic E-state index is 11.0. The molecule has 7 heteroatoms. The van der Waals surface area contributed by atoms with E-state index >= 15 is 0 Å². The number of fused-ring (bicyclic) bond motifs is 1. The summed E-state index contributed by atoms with van der Waals surface area (Å²) in [5.74, 6) is 0. The van der Waals surface area contributed by atoms with E-state index in [2.05, 4.69) is 4.98 Å². The molecule has 1 heterocycles. The summed E-state index contributed by atoms with van der Waals surface area (Å²) in [5, 5.41) is 1.16. The number of rotatable bonds is 1. The van der Waals surface area contributed by atoms with E-state index in [1.165, 1.54) is 12.3 Å². The van der Waals surface area contributed by atoms with Crippen LogP contribution in [0.25, 0.3) is 10.8 Å². The SMILES string of the molecule is Cl.Cl.O=S(=O)(O)c1cccc2cnccc12. The molecule has 0 unspecified atom stereocenters. The van der Waals surface area contributed by atoms with Gasteiger partial charge in [0.25, 0.3) is 10.1 Å². The van der Waals surface area contributed by atoms with Gasteiger partial charge in [0.15, 0.2) is 0 Å². The Bertz CT molecular complexity index is 581. The Kier molecular flexibility index (Phi) is 5.15. The van der Waals surface area contributed by atoms with Crippen LogP contribution in [0, 0.1) is 0 Å². The molecule has 1 aromatic heterocycles. The first-order chi connectivity index (χ1) is 6.59. The third-order valence-electron chi connectivity index (χ3n) is 1.92. The lowest BCUT2D eigenvalue weighted by Gasteiger charge is -2.01. The number of benzene rings is 1. The van der Waals surface area contributed by atoms with Gasteiger partial charge in [-0.3, -0.25) is 9.54 Å². The van der Waals surface area contributed by atoms with Crippen molar-refractivity contribution in [3.8, 4) is 0 Å². The minimum absolute atomic E-state index is 0. The van der Waals surface area contributed by atoms with Crippen LogP contribution < -0.4 is 0 Å². The lowest BCUT2D eigenvalue weighted by molar-refractivity contribution is 0.484. The van der Waals surface area contributed by atoms with Gasteiger partial charge in [-0.25, -0.2) is 0 Å². The third kappa shape index (κ3) is 2.82. The maximum Gasteiger partial charge on any atom is 0.295 e. The van der Waals surface area contributed by atoms with Gasteiger partial charge in [-0.05, 0) is 12.1 Å². The van der Waals surface area contributed by atoms with Crippen molar-refractivity contribution in [2.45, 2.75) is 4.90 Å². The largest absolute Gasteiger partial charge is 0.295 e. The van der Waals surface area contributed by atoms with E-state index in [4.69, 9.17) is 4.55 Å². The molecule has 0 atom stereocenters. The summed E-state index contributed by atoms with van der Waals surface area (Å²) in [5.41, 5.74) is 0. The average Bonchev–Trinajstić information content (AvgIpc) is 2.15. The third-order valence-corrected chi connectivity index (χ3v) is 2.83. The van der Waals surface area contributed by atoms with Gasteiger partial charge in [0.1, 0.15) is 4.90 Å². The van der Waals surface area contributed by atoms with Crippen LogP contribution in [-0.2, 0) is 10.1 Å². The van der Waals surface area contributed by atoms with E-state index in [9.17, 15) is 8.42 Å². The lowest BCUT2D eigenvalue weighted by atomic mass is 10.2. The summed E-state index contributed by atoms with van der Waals surface area (Å²) in [4.78, 5) is 3.77. The normalized spacial score (nSPS) is 10.3. The predicted octanol–water partition coefficient (Wildman–Crippen LogP) is 2.33. The zero-order valence-corrected chi connectivity index (χ0v) is 10.3. The minimum Gasteiger partial charge on any atom is -0.282 e. The Morgan fingerprint density at radius 2 is 1.81 bits per heavy atom. The van der Waals surface area contributed by atoms with Crippen molar-refractivity contribution >= 4 is 45.7 Å². The Balaban J connectivity index is 0.00000112. The first-order valence-electron chi connectivity index (χ1n) is 3.89. The van der Waals surface area contributed by atoms with E-state index in [0.29, 0.717) is 10.8 Å². The zero-order valence-electron chi connectivity index (χ0n) is 7.90. The molecule has 0 amide bonds. The van der Waals surface area contributed by atoms with E-state index < -0.39 is 10.1 Å². The summed E-state index contributed by atoms with van der Waals surface area (Å²) in [7, 11) is -4.16. The van der Waals surface area contributed by atoms with Crippen molar-refractivity contribution in [1.82, 2.24) is 4.98 Å². The van der Waals surface area contributed by atoms with Crippen molar-refractivity contribution in [3.05, 3.63) is 36.7 Å². The summed E-state index contributed by atoms with van der Waals surface area (Å²) in [6.07, 6.45) is 3.03. The molecule has 2 aromatic rings. The van der Waals surface area contributed by atoms with Crippen molar-refractivity contribution < 1.29 is 13.0 Å². The van der Waals surface area contributed by atoms with E-state index in [1.54, 1.807) is 24.4 Å². The highest BCUT2D eigenvalue weighted by molar-refractivity contribution is 7.86. The van der Waals surface area contributed by atoms with Crippen LogP contribution in [0.5, 0.6) is 0 Å². The van der Waals surface area contributed by atoms with E-state index in [-0.39, 0.29) is 29.7 Å². The van der Waals surface area contributed by atoms with E-state index in [1.807, 2.05) is 0 Å². The number of aromatic nitrogens is 1. The number of pyridine rings is 1. The van der Waals surface area contributed by atoms with Gasteiger partial charge in [0, 0.05) is 23.2 Å². The quantitative estimate of drug-likeness (QED) is 0.815. The molecule has 2 rings (SSSR count). The second-order valence-electron chi connectivity index (χ2n) is 2.83. The number of hydrogen-bond donors (Lipinski definition) is 1. The van der Waals surface area contributed by atoms with Gasteiger partial charge in [0.2, 0.25) is 0 Å². The molecule has 1 N–H and O–H groups in total.